The Balaban J connectivity index is 2.63. The first-order valence-electron chi connectivity index (χ1n) is 5.34. The summed E-state index contributed by atoms with van der Waals surface area (Å²) < 4.78 is 12.8. The summed E-state index contributed by atoms with van der Waals surface area (Å²) in [5.41, 5.74) is 7.01. The molecule has 1 amide bonds. The minimum atomic E-state index is -0.305. The van der Waals surface area contributed by atoms with Crippen LogP contribution in [0.4, 0.5) is 10.1 Å². The third-order valence-electron chi connectivity index (χ3n) is 2.43. The van der Waals surface area contributed by atoms with Gasteiger partial charge in [-0.3, -0.25) is 4.79 Å². The van der Waals surface area contributed by atoms with Crippen LogP contribution in [0.15, 0.2) is 18.2 Å². The molecule has 0 aliphatic carbocycles. The minimum absolute atomic E-state index is 0.124. The van der Waals surface area contributed by atoms with Crippen LogP contribution in [0.2, 0.25) is 0 Å². The van der Waals surface area contributed by atoms with Crippen molar-refractivity contribution in [3.8, 4) is 0 Å². The van der Waals surface area contributed by atoms with Crippen molar-refractivity contribution in [2.45, 2.75) is 32.7 Å². The Labute approximate surface area is 94.8 Å². The normalized spacial score (nSPS) is 12.2. The molecule has 3 nitrogen and oxygen atoms in total. The molecule has 0 aromatic heterocycles. The molecule has 0 heterocycles. The molecule has 1 aromatic rings. The molecule has 0 bridgehead atoms. The molecule has 1 atom stereocenters. The van der Waals surface area contributed by atoms with Crippen LogP contribution >= 0.6 is 0 Å². The van der Waals surface area contributed by atoms with E-state index in [0.717, 1.165) is 6.42 Å². The third-order valence-corrected chi connectivity index (χ3v) is 2.43. The lowest BCUT2D eigenvalue weighted by atomic mass is 10.1. The van der Waals surface area contributed by atoms with Gasteiger partial charge in [0.05, 0.1) is 0 Å². The maximum atomic E-state index is 12.8. The number of nitrogens with one attached hydrogen (secondary N) is 1. The Morgan fingerprint density at radius 3 is 2.81 bits per heavy atom. The van der Waals surface area contributed by atoms with E-state index in [0.29, 0.717) is 11.3 Å². The Kier molecular flexibility index (Phi) is 4.43. The number of rotatable bonds is 4. The second-order valence-corrected chi connectivity index (χ2v) is 3.88. The Morgan fingerprint density at radius 2 is 2.25 bits per heavy atom. The van der Waals surface area contributed by atoms with E-state index in [9.17, 15) is 9.18 Å². The molecule has 1 aromatic carbocycles. The number of hydrogen-bond donors (Lipinski definition) is 2. The Bertz CT molecular complexity index is 379. The lowest BCUT2D eigenvalue weighted by molar-refractivity contribution is -0.116. The van der Waals surface area contributed by atoms with Gasteiger partial charge in [0.2, 0.25) is 5.91 Å². The predicted molar refractivity (Wildman–Crippen MR) is 62.7 cm³/mol. The van der Waals surface area contributed by atoms with Gasteiger partial charge in [0, 0.05) is 18.2 Å². The van der Waals surface area contributed by atoms with E-state index in [4.69, 9.17) is 5.73 Å². The number of carbonyl (C=O) groups is 1. The van der Waals surface area contributed by atoms with Crippen LogP contribution < -0.4 is 11.1 Å². The van der Waals surface area contributed by atoms with Crippen molar-refractivity contribution in [3.05, 3.63) is 29.6 Å². The van der Waals surface area contributed by atoms with Gasteiger partial charge in [0.1, 0.15) is 5.82 Å². The van der Waals surface area contributed by atoms with Gasteiger partial charge < -0.3 is 11.1 Å². The number of halogens is 1. The fourth-order valence-corrected chi connectivity index (χ4v) is 1.35. The number of anilines is 1. The van der Waals surface area contributed by atoms with Crippen molar-refractivity contribution < 1.29 is 9.18 Å². The Morgan fingerprint density at radius 1 is 1.56 bits per heavy atom. The molecule has 1 rings (SSSR count). The van der Waals surface area contributed by atoms with Crippen LogP contribution in [0.1, 0.15) is 25.3 Å². The second kappa shape index (κ2) is 5.61. The lowest BCUT2D eigenvalue weighted by Crippen LogP contribution is -2.26. The largest absolute Gasteiger partial charge is 0.327 e. The molecule has 0 spiro atoms. The van der Waals surface area contributed by atoms with Gasteiger partial charge in [-0.25, -0.2) is 4.39 Å². The predicted octanol–water partition coefficient (Wildman–Crippen LogP) is 2.20. The summed E-state index contributed by atoms with van der Waals surface area (Å²) in [6.45, 7) is 3.68. The molecule has 0 aliphatic rings. The van der Waals surface area contributed by atoms with Crippen molar-refractivity contribution in [3.63, 3.8) is 0 Å². The first-order valence-corrected chi connectivity index (χ1v) is 5.34. The highest BCUT2D eigenvalue weighted by Gasteiger charge is 2.09. The van der Waals surface area contributed by atoms with Crippen LogP contribution in [0.5, 0.6) is 0 Å². The zero-order valence-electron chi connectivity index (χ0n) is 9.59. The quantitative estimate of drug-likeness (QED) is 0.823. The highest BCUT2D eigenvalue weighted by atomic mass is 19.1. The zero-order chi connectivity index (χ0) is 12.1. The van der Waals surface area contributed by atoms with Crippen molar-refractivity contribution in [1.29, 1.82) is 0 Å². The van der Waals surface area contributed by atoms with E-state index in [1.807, 2.05) is 6.92 Å². The summed E-state index contributed by atoms with van der Waals surface area (Å²) in [7, 11) is 0. The number of benzene rings is 1. The summed E-state index contributed by atoms with van der Waals surface area (Å²) >= 11 is 0. The highest BCUT2D eigenvalue weighted by Crippen LogP contribution is 2.16. The number of aryl methyl sites for hydroxylation is 1. The van der Waals surface area contributed by atoms with Crippen molar-refractivity contribution >= 4 is 11.6 Å². The summed E-state index contributed by atoms with van der Waals surface area (Å²) in [4.78, 5) is 11.5. The maximum absolute atomic E-state index is 12.8. The fraction of sp³-hybridized carbons (Fsp3) is 0.417. The number of hydrogen-bond acceptors (Lipinski definition) is 2. The van der Waals surface area contributed by atoms with Gasteiger partial charge >= 0.3 is 0 Å². The number of carbonyl (C=O) groups excluding carboxylic acids is 1. The average Bonchev–Trinajstić information content (AvgIpc) is 2.22. The topological polar surface area (TPSA) is 55.1 Å². The highest BCUT2D eigenvalue weighted by molar-refractivity contribution is 5.91. The maximum Gasteiger partial charge on any atom is 0.225 e. The van der Waals surface area contributed by atoms with E-state index >= 15 is 0 Å². The molecular formula is C12H17FN2O. The van der Waals surface area contributed by atoms with Crippen LogP contribution in [0, 0.1) is 12.7 Å². The van der Waals surface area contributed by atoms with Gasteiger partial charge in [-0.2, -0.15) is 0 Å². The summed E-state index contributed by atoms with van der Waals surface area (Å²) in [5, 5.41) is 2.72. The van der Waals surface area contributed by atoms with Crippen molar-refractivity contribution in [2.75, 3.05) is 5.32 Å². The minimum Gasteiger partial charge on any atom is -0.327 e. The van der Waals surface area contributed by atoms with Gasteiger partial charge in [0.15, 0.2) is 0 Å². The summed E-state index contributed by atoms with van der Waals surface area (Å²) in [6.07, 6.45) is 1.04. The van der Waals surface area contributed by atoms with E-state index in [1.54, 1.807) is 13.0 Å². The third kappa shape index (κ3) is 3.62. The van der Waals surface area contributed by atoms with Gasteiger partial charge in [0.25, 0.3) is 0 Å². The van der Waals surface area contributed by atoms with Gasteiger partial charge in [-0.15, -0.1) is 0 Å². The van der Waals surface area contributed by atoms with Crippen LogP contribution in [0.3, 0.4) is 0 Å². The first kappa shape index (κ1) is 12.6. The molecule has 0 fully saturated rings. The zero-order valence-corrected chi connectivity index (χ0v) is 9.59. The van der Waals surface area contributed by atoms with Gasteiger partial charge in [-0.1, -0.05) is 6.92 Å². The molecular weight excluding hydrogens is 207 g/mol. The van der Waals surface area contributed by atoms with Crippen molar-refractivity contribution in [2.24, 2.45) is 5.73 Å². The molecule has 88 valence electrons. The Hall–Kier alpha value is -1.42. The number of nitrogens with two attached hydrogens (primary N) is 1. The molecule has 0 aliphatic heterocycles. The molecule has 1 unspecified atom stereocenters. The summed E-state index contributed by atoms with van der Waals surface area (Å²) in [6, 6.07) is 4.14. The van der Waals surface area contributed by atoms with E-state index in [-0.39, 0.29) is 24.2 Å². The smallest absolute Gasteiger partial charge is 0.225 e. The molecule has 4 heteroatoms. The second-order valence-electron chi connectivity index (χ2n) is 3.88. The molecule has 3 N–H and O–H groups in total. The van der Waals surface area contributed by atoms with Crippen LogP contribution in [-0.2, 0) is 4.79 Å². The summed E-state index contributed by atoms with van der Waals surface area (Å²) in [5.74, 6) is -0.440. The first-order chi connectivity index (χ1) is 7.52. The molecule has 0 saturated carbocycles. The standard InChI is InChI=1S/C12H17FN2O/c1-3-10(14)7-12(16)15-11-5-4-9(13)6-8(11)2/h4-6,10H,3,7,14H2,1-2H3,(H,15,16). The van der Waals surface area contributed by atoms with E-state index in [2.05, 4.69) is 5.32 Å². The monoisotopic (exact) mass is 224 g/mol. The van der Waals surface area contributed by atoms with Gasteiger partial charge in [-0.05, 0) is 37.1 Å². The fourth-order valence-electron chi connectivity index (χ4n) is 1.35. The SMILES string of the molecule is CCC(N)CC(=O)Nc1ccc(F)cc1C. The van der Waals surface area contributed by atoms with Crippen LogP contribution in [0.25, 0.3) is 0 Å². The molecule has 0 radical (unpaired) electrons. The molecule has 0 saturated heterocycles. The van der Waals surface area contributed by atoms with Crippen LogP contribution in [-0.4, -0.2) is 11.9 Å². The lowest BCUT2D eigenvalue weighted by Gasteiger charge is -2.11. The van der Waals surface area contributed by atoms with Crippen molar-refractivity contribution in [1.82, 2.24) is 0 Å². The average molecular weight is 224 g/mol. The number of amides is 1. The molecule has 16 heavy (non-hydrogen) atoms. The van der Waals surface area contributed by atoms with E-state index < -0.39 is 0 Å². The van der Waals surface area contributed by atoms with E-state index in [1.165, 1.54) is 12.1 Å².